The summed E-state index contributed by atoms with van der Waals surface area (Å²) >= 11 is 0. The molecule has 3 heterocycles. The lowest BCUT2D eigenvalue weighted by molar-refractivity contribution is 0.102. The van der Waals surface area contributed by atoms with Gasteiger partial charge in [-0.1, -0.05) is 32.9 Å². The molecule has 0 aliphatic carbocycles. The average molecular weight is 464 g/mol. The number of aromatic amines is 1. The SMILES string of the molecule is CCn1c(=O)[nH]c(=O)c2c(C(=O)Nc3ccc(CN4CCC(C)CC4)cc3)cc(C(C)C)nc21. The standard InChI is InChI=1S/C26H33N5O3/c1-5-31-23-22(25(33)29-26(31)34)20(14-21(28-23)16(2)3)24(32)27-19-8-6-18(7-9-19)15-30-12-10-17(4)11-13-30/h6-9,14,16-17H,5,10-13,15H2,1-4H3,(H,27,32)(H,29,33,34). The van der Waals surface area contributed by atoms with Crippen LogP contribution in [-0.2, 0) is 13.1 Å². The fraction of sp³-hybridized carbons (Fsp3) is 0.462. The minimum Gasteiger partial charge on any atom is -0.322 e. The smallest absolute Gasteiger partial charge is 0.322 e. The molecule has 0 radical (unpaired) electrons. The zero-order valence-electron chi connectivity index (χ0n) is 20.4. The highest BCUT2D eigenvalue weighted by Gasteiger charge is 2.20. The summed E-state index contributed by atoms with van der Waals surface area (Å²) in [6.07, 6.45) is 2.47. The molecule has 0 spiro atoms. The van der Waals surface area contributed by atoms with Crippen molar-refractivity contribution >= 4 is 22.6 Å². The zero-order valence-corrected chi connectivity index (χ0v) is 20.4. The van der Waals surface area contributed by atoms with Crippen molar-refractivity contribution in [3.8, 4) is 0 Å². The van der Waals surface area contributed by atoms with E-state index in [1.54, 1.807) is 13.0 Å². The van der Waals surface area contributed by atoms with Gasteiger partial charge in [0.2, 0.25) is 0 Å². The number of nitrogens with zero attached hydrogens (tertiary/aromatic N) is 3. The molecule has 1 amide bonds. The van der Waals surface area contributed by atoms with E-state index in [2.05, 4.69) is 27.1 Å². The maximum Gasteiger partial charge on any atom is 0.329 e. The lowest BCUT2D eigenvalue weighted by atomic mass is 9.99. The Bertz CT molecular complexity index is 1300. The largest absolute Gasteiger partial charge is 0.329 e. The minimum atomic E-state index is -0.608. The van der Waals surface area contributed by atoms with Gasteiger partial charge in [-0.2, -0.15) is 0 Å². The summed E-state index contributed by atoms with van der Waals surface area (Å²) in [5, 5.41) is 3.04. The summed E-state index contributed by atoms with van der Waals surface area (Å²) in [5.74, 6) is 0.417. The van der Waals surface area contributed by atoms with Crippen molar-refractivity contribution in [1.29, 1.82) is 0 Å². The van der Waals surface area contributed by atoms with E-state index in [-0.39, 0.29) is 22.5 Å². The first-order valence-electron chi connectivity index (χ1n) is 12.1. The van der Waals surface area contributed by atoms with E-state index >= 15 is 0 Å². The predicted octanol–water partition coefficient (Wildman–Crippen LogP) is 3.71. The van der Waals surface area contributed by atoms with E-state index in [9.17, 15) is 14.4 Å². The predicted molar refractivity (Wildman–Crippen MR) is 134 cm³/mol. The summed E-state index contributed by atoms with van der Waals surface area (Å²) in [6.45, 7) is 11.5. The second-order valence-corrected chi connectivity index (χ2v) is 9.56. The van der Waals surface area contributed by atoms with Crippen LogP contribution in [0.2, 0.25) is 0 Å². The van der Waals surface area contributed by atoms with Crippen LogP contribution in [0.4, 0.5) is 5.69 Å². The molecule has 2 N–H and O–H groups in total. The highest BCUT2D eigenvalue weighted by Crippen LogP contribution is 2.22. The van der Waals surface area contributed by atoms with Gasteiger partial charge < -0.3 is 5.32 Å². The van der Waals surface area contributed by atoms with Gasteiger partial charge >= 0.3 is 5.69 Å². The van der Waals surface area contributed by atoms with Crippen LogP contribution in [0.1, 0.15) is 68.1 Å². The number of hydrogen-bond donors (Lipinski definition) is 2. The Hall–Kier alpha value is -3.26. The summed E-state index contributed by atoms with van der Waals surface area (Å²) in [6, 6.07) is 9.48. The second kappa shape index (κ2) is 9.93. The molecule has 8 heteroatoms. The highest BCUT2D eigenvalue weighted by molar-refractivity contribution is 6.11. The molecule has 0 bridgehead atoms. The maximum absolute atomic E-state index is 13.3. The molecular formula is C26H33N5O3. The molecule has 34 heavy (non-hydrogen) atoms. The molecule has 1 aromatic carbocycles. The summed E-state index contributed by atoms with van der Waals surface area (Å²) in [5.41, 5.74) is 1.81. The number of hydrogen-bond acceptors (Lipinski definition) is 5. The molecule has 0 saturated carbocycles. The number of piperidine rings is 1. The summed E-state index contributed by atoms with van der Waals surface area (Å²) < 4.78 is 1.38. The molecule has 2 aromatic heterocycles. The van der Waals surface area contributed by atoms with E-state index < -0.39 is 17.2 Å². The first kappa shape index (κ1) is 23.9. The molecule has 1 fully saturated rings. The number of nitrogens with one attached hydrogen (secondary N) is 2. The topological polar surface area (TPSA) is 100 Å². The number of pyridine rings is 1. The number of aromatic nitrogens is 3. The quantitative estimate of drug-likeness (QED) is 0.580. The average Bonchev–Trinajstić information content (AvgIpc) is 2.81. The monoisotopic (exact) mass is 463 g/mol. The van der Waals surface area contributed by atoms with E-state index in [1.165, 1.54) is 23.0 Å². The number of H-pyrrole nitrogens is 1. The van der Waals surface area contributed by atoms with Crippen LogP contribution in [0.5, 0.6) is 0 Å². The lowest BCUT2D eigenvalue weighted by Gasteiger charge is -2.30. The number of carbonyl (C=O) groups is 1. The number of carbonyl (C=O) groups excluding carboxylic acids is 1. The third-order valence-electron chi connectivity index (χ3n) is 6.62. The lowest BCUT2D eigenvalue weighted by Crippen LogP contribution is -2.32. The number of rotatable bonds is 6. The maximum atomic E-state index is 13.3. The molecule has 0 atom stereocenters. The van der Waals surface area contributed by atoms with Crippen LogP contribution in [0.15, 0.2) is 39.9 Å². The number of fused-ring (bicyclic) bond motifs is 1. The van der Waals surface area contributed by atoms with E-state index in [0.29, 0.717) is 17.9 Å². The number of anilines is 1. The molecule has 4 rings (SSSR count). The first-order chi connectivity index (χ1) is 16.3. The van der Waals surface area contributed by atoms with Gasteiger partial charge in [0.05, 0.1) is 10.9 Å². The summed E-state index contributed by atoms with van der Waals surface area (Å²) in [7, 11) is 0. The van der Waals surface area contributed by atoms with Crippen molar-refractivity contribution < 1.29 is 4.79 Å². The van der Waals surface area contributed by atoms with Gasteiger partial charge in [-0.3, -0.25) is 24.0 Å². The Balaban J connectivity index is 1.61. The molecule has 1 aliphatic heterocycles. The molecule has 3 aromatic rings. The molecule has 0 unspecified atom stereocenters. The number of amides is 1. The van der Waals surface area contributed by atoms with Crippen LogP contribution >= 0.6 is 0 Å². The fourth-order valence-corrected chi connectivity index (χ4v) is 4.43. The van der Waals surface area contributed by atoms with E-state index in [4.69, 9.17) is 0 Å². The van der Waals surface area contributed by atoms with Crippen LogP contribution in [0, 0.1) is 5.92 Å². The second-order valence-electron chi connectivity index (χ2n) is 9.56. The van der Waals surface area contributed by atoms with Crippen LogP contribution in [0.3, 0.4) is 0 Å². The van der Waals surface area contributed by atoms with Gasteiger partial charge in [0.15, 0.2) is 5.65 Å². The van der Waals surface area contributed by atoms with E-state index in [0.717, 1.165) is 25.6 Å². The third-order valence-corrected chi connectivity index (χ3v) is 6.62. The van der Waals surface area contributed by atoms with Crippen LogP contribution in [-0.4, -0.2) is 38.4 Å². The minimum absolute atomic E-state index is 0.0210. The third kappa shape index (κ3) is 4.97. The van der Waals surface area contributed by atoms with Crippen molar-refractivity contribution in [2.24, 2.45) is 5.92 Å². The highest BCUT2D eigenvalue weighted by atomic mass is 16.2. The van der Waals surface area contributed by atoms with Gasteiger partial charge in [0.25, 0.3) is 11.5 Å². The van der Waals surface area contributed by atoms with Gasteiger partial charge in [0, 0.05) is 24.5 Å². The molecule has 1 aliphatic rings. The molecule has 8 nitrogen and oxygen atoms in total. The van der Waals surface area contributed by atoms with Gasteiger partial charge in [-0.15, -0.1) is 0 Å². The normalized spacial score (nSPS) is 15.2. The number of aryl methyl sites for hydroxylation is 1. The van der Waals surface area contributed by atoms with Crippen LogP contribution in [0.25, 0.3) is 11.0 Å². The van der Waals surface area contributed by atoms with Crippen molar-refractivity contribution in [2.75, 3.05) is 18.4 Å². The molecular weight excluding hydrogens is 430 g/mol. The van der Waals surface area contributed by atoms with Crippen molar-refractivity contribution in [1.82, 2.24) is 19.4 Å². The van der Waals surface area contributed by atoms with Gasteiger partial charge in [-0.05, 0) is 68.5 Å². The van der Waals surface area contributed by atoms with Crippen molar-refractivity contribution in [3.63, 3.8) is 0 Å². The molecule has 1 saturated heterocycles. The van der Waals surface area contributed by atoms with Crippen molar-refractivity contribution in [2.45, 2.75) is 59.5 Å². The Morgan fingerprint density at radius 1 is 1.18 bits per heavy atom. The Labute approximate surface area is 199 Å². The van der Waals surface area contributed by atoms with E-state index in [1.807, 2.05) is 38.1 Å². The number of benzene rings is 1. The fourth-order valence-electron chi connectivity index (χ4n) is 4.43. The van der Waals surface area contributed by atoms with Gasteiger partial charge in [0.1, 0.15) is 0 Å². The zero-order chi connectivity index (χ0) is 24.4. The van der Waals surface area contributed by atoms with Gasteiger partial charge in [-0.25, -0.2) is 9.78 Å². The Morgan fingerprint density at radius 2 is 1.85 bits per heavy atom. The first-order valence-corrected chi connectivity index (χ1v) is 12.1. The number of likely N-dealkylation sites (tertiary alicyclic amines) is 1. The Kier molecular flexibility index (Phi) is 6.97. The molecule has 180 valence electrons. The van der Waals surface area contributed by atoms with Crippen molar-refractivity contribution in [3.05, 3.63) is 68.0 Å². The Morgan fingerprint density at radius 3 is 2.47 bits per heavy atom. The summed E-state index contributed by atoms with van der Waals surface area (Å²) in [4.78, 5) is 47.6. The van der Waals surface area contributed by atoms with Crippen LogP contribution < -0.4 is 16.6 Å².